The molecule has 112 valence electrons. The van der Waals surface area contributed by atoms with E-state index in [1.807, 2.05) is 0 Å². The summed E-state index contributed by atoms with van der Waals surface area (Å²) in [5.74, 6) is -3.29. The molecule has 7 heteroatoms. The second-order valence-electron chi connectivity index (χ2n) is 3.84. The molecule has 1 aromatic rings. The molecule has 1 unspecified atom stereocenters. The van der Waals surface area contributed by atoms with Gasteiger partial charge in [0.15, 0.2) is 17.4 Å². The van der Waals surface area contributed by atoms with Gasteiger partial charge >= 0.3 is 12.1 Å². The first-order valence-corrected chi connectivity index (χ1v) is 5.80. The van der Waals surface area contributed by atoms with Crippen LogP contribution in [-0.2, 0) is 9.53 Å². The first-order chi connectivity index (χ1) is 9.35. The third-order valence-corrected chi connectivity index (χ3v) is 2.59. The molecule has 0 aliphatic rings. The molecule has 0 bridgehead atoms. The summed E-state index contributed by atoms with van der Waals surface area (Å²) in [6, 6.07) is 3.59. The van der Waals surface area contributed by atoms with Crippen LogP contribution in [0.2, 0.25) is 0 Å². The fourth-order valence-corrected chi connectivity index (χ4v) is 1.72. The van der Waals surface area contributed by atoms with E-state index in [1.165, 1.54) is 27.2 Å². The molecule has 1 rings (SSSR count). The van der Waals surface area contributed by atoms with E-state index >= 15 is 0 Å². The van der Waals surface area contributed by atoms with Crippen LogP contribution in [0.15, 0.2) is 18.2 Å². The van der Waals surface area contributed by atoms with Crippen molar-refractivity contribution in [1.29, 1.82) is 0 Å². The van der Waals surface area contributed by atoms with Crippen molar-refractivity contribution in [3.05, 3.63) is 23.8 Å². The van der Waals surface area contributed by atoms with Crippen LogP contribution in [-0.4, -0.2) is 33.0 Å². The Labute approximate surface area is 114 Å². The molecule has 0 amide bonds. The second-order valence-corrected chi connectivity index (χ2v) is 3.84. The molecular weight excluding hydrogens is 277 g/mol. The third kappa shape index (κ3) is 3.55. The quantitative estimate of drug-likeness (QED) is 0.783. The molecule has 0 spiro atoms. The molecule has 0 saturated heterocycles. The number of hydrogen-bond donors (Lipinski definition) is 0. The van der Waals surface area contributed by atoms with Crippen LogP contribution >= 0.6 is 0 Å². The lowest BCUT2D eigenvalue weighted by Crippen LogP contribution is -2.30. The molecule has 4 nitrogen and oxygen atoms in total. The van der Waals surface area contributed by atoms with E-state index in [0.717, 1.165) is 12.1 Å². The summed E-state index contributed by atoms with van der Waals surface area (Å²) in [5.41, 5.74) is -0.256. The van der Waals surface area contributed by atoms with Gasteiger partial charge in [0.2, 0.25) is 0 Å². The minimum absolute atomic E-state index is 0.114. The van der Waals surface area contributed by atoms with Crippen molar-refractivity contribution in [2.45, 2.75) is 19.0 Å². The maximum Gasteiger partial charge on any atom is 0.406 e. The number of benzene rings is 1. The lowest BCUT2D eigenvalue weighted by atomic mass is 9.98. The van der Waals surface area contributed by atoms with Crippen molar-refractivity contribution in [3.8, 4) is 11.5 Å². The molecule has 0 aliphatic heterocycles. The predicted molar refractivity (Wildman–Crippen MR) is 65.0 cm³/mol. The van der Waals surface area contributed by atoms with Crippen molar-refractivity contribution in [2.24, 2.45) is 0 Å². The molecule has 0 radical (unpaired) electrons. The summed E-state index contributed by atoms with van der Waals surface area (Å²) in [6.07, 6.45) is -4.74. The van der Waals surface area contributed by atoms with Crippen molar-refractivity contribution < 1.29 is 32.2 Å². The van der Waals surface area contributed by atoms with Gasteiger partial charge in [-0.05, 0) is 24.6 Å². The Bertz CT molecular complexity index is 471. The summed E-state index contributed by atoms with van der Waals surface area (Å²) in [7, 11) is 2.67. The fourth-order valence-electron chi connectivity index (χ4n) is 1.72. The lowest BCUT2D eigenvalue weighted by molar-refractivity contribution is -0.180. The van der Waals surface area contributed by atoms with Crippen LogP contribution in [0.3, 0.4) is 0 Å². The van der Waals surface area contributed by atoms with Crippen molar-refractivity contribution >= 4 is 5.97 Å². The van der Waals surface area contributed by atoms with Crippen LogP contribution in [0.5, 0.6) is 11.5 Å². The average Bonchev–Trinajstić information content (AvgIpc) is 2.37. The van der Waals surface area contributed by atoms with Gasteiger partial charge in [-0.3, -0.25) is 4.79 Å². The van der Waals surface area contributed by atoms with Crippen LogP contribution in [0.1, 0.15) is 18.4 Å². The second kappa shape index (κ2) is 6.49. The molecule has 0 aromatic heterocycles. The molecule has 0 aliphatic carbocycles. The highest BCUT2D eigenvalue weighted by atomic mass is 19.4. The number of hydrogen-bond acceptors (Lipinski definition) is 4. The first-order valence-electron chi connectivity index (χ1n) is 5.80. The van der Waals surface area contributed by atoms with Gasteiger partial charge in [-0.1, -0.05) is 6.07 Å². The summed E-state index contributed by atoms with van der Waals surface area (Å²) < 4.78 is 53.4. The Kier molecular flexibility index (Phi) is 5.24. The summed E-state index contributed by atoms with van der Waals surface area (Å²) >= 11 is 0. The van der Waals surface area contributed by atoms with Gasteiger partial charge in [-0.25, -0.2) is 0 Å². The minimum Gasteiger partial charge on any atom is -0.493 e. The largest absolute Gasteiger partial charge is 0.493 e. The highest BCUT2D eigenvalue weighted by molar-refractivity contribution is 5.79. The van der Waals surface area contributed by atoms with Gasteiger partial charge in [-0.2, -0.15) is 13.2 Å². The number of alkyl halides is 3. The minimum atomic E-state index is -4.74. The zero-order valence-electron chi connectivity index (χ0n) is 11.3. The Balaban J connectivity index is 3.24. The monoisotopic (exact) mass is 292 g/mol. The van der Waals surface area contributed by atoms with Crippen LogP contribution in [0.25, 0.3) is 0 Å². The lowest BCUT2D eigenvalue weighted by Gasteiger charge is -2.20. The normalized spacial score (nSPS) is 12.7. The number of methoxy groups -OCH3 is 2. The first kappa shape index (κ1) is 16.1. The molecule has 0 saturated carbocycles. The van der Waals surface area contributed by atoms with Crippen LogP contribution < -0.4 is 9.47 Å². The van der Waals surface area contributed by atoms with Crippen molar-refractivity contribution in [1.82, 2.24) is 0 Å². The van der Waals surface area contributed by atoms with Gasteiger partial charge in [0.1, 0.15) is 0 Å². The van der Waals surface area contributed by atoms with Crippen molar-refractivity contribution in [2.75, 3.05) is 20.8 Å². The van der Waals surface area contributed by atoms with E-state index in [-0.39, 0.29) is 23.7 Å². The third-order valence-electron chi connectivity index (χ3n) is 2.59. The van der Waals surface area contributed by atoms with E-state index in [0.29, 0.717) is 0 Å². The van der Waals surface area contributed by atoms with E-state index in [1.54, 1.807) is 0 Å². The van der Waals surface area contributed by atoms with E-state index in [2.05, 4.69) is 4.74 Å². The Hall–Kier alpha value is -1.92. The van der Waals surface area contributed by atoms with Crippen molar-refractivity contribution in [3.63, 3.8) is 0 Å². The number of ether oxygens (including phenoxy) is 3. The van der Waals surface area contributed by atoms with E-state index < -0.39 is 18.1 Å². The standard InChI is InChI=1S/C13H15F3O4/c1-4-20-12(17)11(13(14,15)16)8-5-6-9(18-2)10(7-8)19-3/h5-7,11H,4H2,1-3H3. The fraction of sp³-hybridized carbons (Fsp3) is 0.462. The SMILES string of the molecule is CCOC(=O)C(c1ccc(OC)c(OC)c1)C(F)(F)F. The number of carbonyl (C=O) groups is 1. The van der Waals surface area contributed by atoms with E-state index in [9.17, 15) is 18.0 Å². The maximum atomic E-state index is 13.0. The number of esters is 1. The van der Waals surface area contributed by atoms with Gasteiger partial charge in [0.05, 0.1) is 20.8 Å². The highest BCUT2D eigenvalue weighted by Crippen LogP contribution is 2.39. The molecular formula is C13H15F3O4. The zero-order chi connectivity index (χ0) is 15.3. The van der Waals surface area contributed by atoms with Gasteiger partial charge in [-0.15, -0.1) is 0 Å². The Morgan fingerprint density at radius 2 is 1.80 bits per heavy atom. The summed E-state index contributed by atoms with van der Waals surface area (Å²) in [5, 5.41) is 0. The molecule has 1 aromatic carbocycles. The molecule has 20 heavy (non-hydrogen) atoms. The highest BCUT2D eigenvalue weighted by Gasteiger charge is 2.47. The zero-order valence-corrected chi connectivity index (χ0v) is 11.3. The van der Waals surface area contributed by atoms with Gasteiger partial charge < -0.3 is 14.2 Å². The number of halogens is 3. The number of carbonyl (C=O) groups excluding carboxylic acids is 1. The van der Waals surface area contributed by atoms with E-state index in [4.69, 9.17) is 9.47 Å². The number of rotatable bonds is 5. The topological polar surface area (TPSA) is 44.8 Å². The predicted octanol–water partition coefficient (Wildman–Crippen LogP) is 2.91. The molecule has 0 N–H and O–H groups in total. The smallest absolute Gasteiger partial charge is 0.406 e. The maximum absolute atomic E-state index is 13.0. The molecule has 0 fully saturated rings. The van der Waals surface area contributed by atoms with Gasteiger partial charge in [0.25, 0.3) is 0 Å². The molecule has 0 heterocycles. The Morgan fingerprint density at radius 3 is 2.25 bits per heavy atom. The van der Waals surface area contributed by atoms with Gasteiger partial charge in [0, 0.05) is 0 Å². The van der Waals surface area contributed by atoms with Crippen LogP contribution in [0, 0.1) is 0 Å². The summed E-state index contributed by atoms with van der Waals surface area (Å²) in [4.78, 5) is 11.5. The summed E-state index contributed by atoms with van der Waals surface area (Å²) in [6.45, 7) is 1.32. The molecule has 1 atom stereocenters. The van der Waals surface area contributed by atoms with Crippen LogP contribution in [0.4, 0.5) is 13.2 Å². The Morgan fingerprint density at radius 1 is 1.20 bits per heavy atom. The average molecular weight is 292 g/mol.